The summed E-state index contributed by atoms with van der Waals surface area (Å²) in [5.74, 6) is 1.53. The number of aryl methyl sites for hydroxylation is 1. The average Bonchev–Trinajstić information content (AvgIpc) is 2.37. The molecule has 0 N–H and O–H groups in total. The molecule has 0 amide bonds. The predicted molar refractivity (Wildman–Crippen MR) is 70.7 cm³/mol. The van der Waals surface area contributed by atoms with Crippen LogP contribution >= 0.6 is 11.8 Å². The van der Waals surface area contributed by atoms with Gasteiger partial charge < -0.3 is 9.47 Å². The number of rotatable bonds is 7. The first-order valence-corrected chi connectivity index (χ1v) is 6.93. The van der Waals surface area contributed by atoms with Gasteiger partial charge in [-0.2, -0.15) is 11.8 Å². The highest BCUT2D eigenvalue weighted by atomic mass is 32.2. The SMILES string of the molecule is COc1cccc(CCC(=O)OCCSC)c1. The summed E-state index contributed by atoms with van der Waals surface area (Å²) in [6.45, 7) is 0.498. The van der Waals surface area contributed by atoms with Crippen LogP contribution in [0.5, 0.6) is 5.75 Å². The van der Waals surface area contributed by atoms with E-state index in [2.05, 4.69) is 0 Å². The molecule has 0 fully saturated rings. The summed E-state index contributed by atoms with van der Waals surface area (Å²) in [6, 6.07) is 7.74. The first-order chi connectivity index (χ1) is 8.26. The van der Waals surface area contributed by atoms with Crippen LogP contribution in [0.25, 0.3) is 0 Å². The van der Waals surface area contributed by atoms with Crippen LogP contribution in [0.1, 0.15) is 12.0 Å². The zero-order chi connectivity index (χ0) is 12.5. The third-order valence-electron chi connectivity index (χ3n) is 2.30. The van der Waals surface area contributed by atoms with Crippen LogP contribution in [0.2, 0.25) is 0 Å². The third-order valence-corrected chi connectivity index (χ3v) is 2.88. The Morgan fingerprint density at radius 2 is 2.24 bits per heavy atom. The van der Waals surface area contributed by atoms with E-state index in [1.807, 2.05) is 30.5 Å². The molecule has 94 valence electrons. The van der Waals surface area contributed by atoms with Crippen molar-refractivity contribution in [3.63, 3.8) is 0 Å². The second kappa shape index (κ2) is 8.01. The Morgan fingerprint density at radius 3 is 2.94 bits per heavy atom. The number of hydrogen-bond acceptors (Lipinski definition) is 4. The molecule has 0 bridgehead atoms. The topological polar surface area (TPSA) is 35.5 Å². The summed E-state index contributed by atoms with van der Waals surface area (Å²) < 4.78 is 10.2. The van der Waals surface area contributed by atoms with Crippen molar-refractivity contribution in [2.24, 2.45) is 0 Å². The summed E-state index contributed by atoms with van der Waals surface area (Å²) in [5, 5.41) is 0. The van der Waals surface area contributed by atoms with Crippen molar-refractivity contribution >= 4 is 17.7 Å². The van der Waals surface area contributed by atoms with Gasteiger partial charge in [0, 0.05) is 12.2 Å². The van der Waals surface area contributed by atoms with Crippen LogP contribution in [0, 0.1) is 0 Å². The lowest BCUT2D eigenvalue weighted by Gasteiger charge is -2.05. The fourth-order valence-corrected chi connectivity index (χ4v) is 1.64. The standard InChI is InChI=1S/C13H18O3S/c1-15-12-5-3-4-11(10-12)6-7-13(14)16-8-9-17-2/h3-5,10H,6-9H2,1-2H3. The van der Waals surface area contributed by atoms with E-state index in [4.69, 9.17) is 9.47 Å². The maximum atomic E-state index is 11.4. The minimum absolute atomic E-state index is 0.137. The van der Waals surface area contributed by atoms with Crippen LogP contribution in [-0.2, 0) is 16.0 Å². The molecule has 17 heavy (non-hydrogen) atoms. The monoisotopic (exact) mass is 254 g/mol. The van der Waals surface area contributed by atoms with Crippen molar-refractivity contribution in [2.45, 2.75) is 12.8 Å². The normalized spacial score (nSPS) is 10.0. The van der Waals surface area contributed by atoms with E-state index in [1.54, 1.807) is 18.9 Å². The molecule has 1 rings (SSSR count). The Balaban J connectivity index is 2.31. The molecule has 0 radical (unpaired) electrons. The Kier molecular flexibility index (Phi) is 6.55. The molecular formula is C13H18O3S. The summed E-state index contributed by atoms with van der Waals surface area (Å²) in [7, 11) is 1.63. The number of carbonyl (C=O) groups excluding carboxylic acids is 1. The van der Waals surface area contributed by atoms with E-state index in [-0.39, 0.29) is 5.97 Å². The molecule has 0 unspecified atom stereocenters. The average molecular weight is 254 g/mol. The van der Waals surface area contributed by atoms with Gasteiger partial charge in [0.05, 0.1) is 7.11 Å². The van der Waals surface area contributed by atoms with Gasteiger partial charge in [0.1, 0.15) is 12.4 Å². The molecule has 0 aromatic heterocycles. The highest BCUT2D eigenvalue weighted by Crippen LogP contribution is 2.14. The molecule has 4 heteroatoms. The first kappa shape index (κ1) is 13.9. The quantitative estimate of drug-likeness (QED) is 0.553. The van der Waals surface area contributed by atoms with E-state index >= 15 is 0 Å². The Bertz CT molecular complexity index is 352. The van der Waals surface area contributed by atoms with Crippen molar-refractivity contribution in [3.05, 3.63) is 29.8 Å². The maximum absolute atomic E-state index is 11.4. The zero-order valence-corrected chi connectivity index (χ0v) is 11.1. The van der Waals surface area contributed by atoms with E-state index < -0.39 is 0 Å². The second-order valence-electron chi connectivity index (χ2n) is 3.56. The molecule has 0 aliphatic rings. The molecule has 0 heterocycles. The molecule has 3 nitrogen and oxygen atoms in total. The van der Waals surface area contributed by atoms with Gasteiger partial charge >= 0.3 is 5.97 Å². The lowest BCUT2D eigenvalue weighted by molar-refractivity contribution is -0.142. The number of methoxy groups -OCH3 is 1. The van der Waals surface area contributed by atoms with Crippen molar-refractivity contribution in [3.8, 4) is 5.75 Å². The van der Waals surface area contributed by atoms with E-state index in [9.17, 15) is 4.79 Å². The molecule has 1 aromatic rings. The predicted octanol–water partition coefficient (Wildman–Crippen LogP) is 2.53. The fraction of sp³-hybridized carbons (Fsp3) is 0.462. The summed E-state index contributed by atoms with van der Waals surface area (Å²) in [5.41, 5.74) is 1.09. The Morgan fingerprint density at radius 1 is 1.41 bits per heavy atom. The van der Waals surface area contributed by atoms with Crippen LogP contribution in [-0.4, -0.2) is 31.7 Å². The molecule has 0 aliphatic carbocycles. The summed E-state index contributed by atoms with van der Waals surface area (Å²) in [6.07, 6.45) is 3.10. The van der Waals surface area contributed by atoms with Gasteiger partial charge in [-0.25, -0.2) is 0 Å². The van der Waals surface area contributed by atoms with Gasteiger partial charge in [0.25, 0.3) is 0 Å². The van der Waals surface area contributed by atoms with Crippen LogP contribution in [0.15, 0.2) is 24.3 Å². The van der Waals surface area contributed by atoms with Crippen molar-refractivity contribution in [1.29, 1.82) is 0 Å². The van der Waals surface area contributed by atoms with Crippen LogP contribution < -0.4 is 4.74 Å². The van der Waals surface area contributed by atoms with E-state index in [1.165, 1.54) is 0 Å². The smallest absolute Gasteiger partial charge is 0.306 e. The van der Waals surface area contributed by atoms with Gasteiger partial charge in [-0.15, -0.1) is 0 Å². The molecule has 0 spiro atoms. The number of benzene rings is 1. The number of hydrogen-bond donors (Lipinski definition) is 0. The van der Waals surface area contributed by atoms with Gasteiger partial charge in [-0.3, -0.25) is 4.79 Å². The molecule has 0 atom stereocenters. The summed E-state index contributed by atoms with van der Waals surface area (Å²) in [4.78, 5) is 11.4. The Labute approximate surface area is 106 Å². The van der Waals surface area contributed by atoms with Gasteiger partial charge in [-0.1, -0.05) is 12.1 Å². The zero-order valence-electron chi connectivity index (χ0n) is 10.3. The highest BCUT2D eigenvalue weighted by molar-refractivity contribution is 7.98. The van der Waals surface area contributed by atoms with Crippen molar-refractivity contribution < 1.29 is 14.3 Å². The minimum atomic E-state index is -0.137. The summed E-state index contributed by atoms with van der Waals surface area (Å²) >= 11 is 1.67. The minimum Gasteiger partial charge on any atom is -0.497 e. The number of ether oxygens (including phenoxy) is 2. The largest absolute Gasteiger partial charge is 0.497 e. The molecular weight excluding hydrogens is 236 g/mol. The van der Waals surface area contributed by atoms with Crippen molar-refractivity contribution in [1.82, 2.24) is 0 Å². The van der Waals surface area contributed by atoms with Crippen LogP contribution in [0.3, 0.4) is 0 Å². The second-order valence-corrected chi connectivity index (χ2v) is 4.55. The van der Waals surface area contributed by atoms with E-state index in [0.29, 0.717) is 19.4 Å². The number of carbonyl (C=O) groups is 1. The van der Waals surface area contributed by atoms with Crippen molar-refractivity contribution in [2.75, 3.05) is 25.7 Å². The molecule has 0 saturated carbocycles. The molecule has 0 saturated heterocycles. The highest BCUT2D eigenvalue weighted by Gasteiger charge is 2.04. The first-order valence-electron chi connectivity index (χ1n) is 5.53. The Hall–Kier alpha value is -1.16. The van der Waals surface area contributed by atoms with Gasteiger partial charge in [-0.05, 0) is 30.4 Å². The van der Waals surface area contributed by atoms with E-state index in [0.717, 1.165) is 17.1 Å². The lowest BCUT2D eigenvalue weighted by Crippen LogP contribution is -2.08. The maximum Gasteiger partial charge on any atom is 0.306 e. The van der Waals surface area contributed by atoms with Crippen LogP contribution in [0.4, 0.5) is 0 Å². The van der Waals surface area contributed by atoms with Gasteiger partial charge in [0.15, 0.2) is 0 Å². The number of esters is 1. The molecule has 0 aliphatic heterocycles. The molecule has 1 aromatic carbocycles. The number of thioether (sulfide) groups is 1. The lowest BCUT2D eigenvalue weighted by atomic mass is 10.1. The fourth-order valence-electron chi connectivity index (χ4n) is 1.39. The third kappa shape index (κ3) is 5.63. The van der Waals surface area contributed by atoms with Gasteiger partial charge in [0.2, 0.25) is 0 Å².